The first kappa shape index (κ1) is 17.0. The first-order chi connectivity index (χ1) is 12.6. The minimum Gasteiger partial charge on any atom is -0.497 e. The van der Waals surface area contributed by atoms with Crippen LogP contribution in [0.15, 0.2) is 36.0 Å². The van der Waals surface area contributed by atoms with Crippen molar-refractivity contribution in [1.29, 1.82) is 0 Å². The number of ether oxygens (including phenoxy) is 1. The molecule has 1 aromatic carbocycles. The molecule has 6 nitrogen and oxygen atoms in total. The predicted octanol–water partition coefficient (Wildman–Crippen LogP) is 3.49. The maximum Gasteiger partial charge on any atom is 0.231 e. The summed E-state index contributed by atoms with van der Waals surface area (Å²) in [5.74, 6) is 0.887. The van der Waals surface area contributed by atoms with Gasteiger partial charge in [-0.05, 0) is 37.5 Å². The van der Waals surface area contributed by atoms with Gasteiger partial charge in [-0.25, -0.2) is 9.50 Å². The number of carbonyl (C=O) groups excluding carboxylic acids is 1. The Morgan fingerprint density at radius 3 is 2.69 bits per heavy atom. The SMILES string of the molecule is COc1ccc(C2(C(=O)N[C@@H](C)c3cn4ncsc4n3)CCCC2)cc1. The number of methoxy groups -OCH3 is 1. The molecule has 1 atom stereocenters. The average molecular weight is 370 g/mol. The van der Waals surface area contributed by atoms with Crippen LogP contribution < -0.4 is 10.1 Å². The highest BCUT2D eigenvalue weighted by Gasteiger charge is 2.43. The Labute approximate surface area is 156 Å². The van der Waals surface area contributed by atoms with Crippen LogP contribution in [0.25, 0.3) is 4.96 Å². The minimum atomic E-state index is -0.462. The molecule has 2 heterocycles. The topological polar surface area (TPSA) is 68.5 Å². The molecule has 7 heteroatoms. The van der Waals surface area contributed by atoms with E-state index in [1.54, 1.807) is 17.1 Å². The molecule has 0 aliphatic heterocycles. The number of benzene rings is 1. The largest absolute Gasteiger partial charge is 0.497 e. The lowest BCUT2D eigenvalue weighted by atomic mass is 9.77. The van der Waals surface area contributed by atoms with Crippen molar-refractivity contribution in [3.8, 4) is 5.75 Å². The van der Waals surface area contributed by atoms with Crippen molar-refractivity contribution in [2.45, 2.75) is 44.1 Å². The van der Waals surface area contributed by atoms with E-state index in [1.807, 2.05) is 37.4 Å². The lowest BCUT2D eigenvalue weighted by Crippen LogP contribution is -2.43. The van der Waals surface area contributed by atoms with Gasteiger partial charge in [0, 0.05) is 0 Å². The van der Waals surface area contributed by atoms with Gasteiger partial charge in [0.2, 0.25) is 10.9 Å². The monoisotopic (exact) mass is 370 g/mol. The highest BCUT2D eigenvalue weighted by Crippen LogP contribution is 2.42. The number of nitrogens with zero attached hydrogens (tertiary/aromatic N) is 3. The molecule has 0 spiro atoms. The summed E-state index contributed by atoms with van der Waals surface area (Å²) in [4.78, 5) is 18.7. The van der Waals surface area contributed by atoms with Gasteiger partial charge in [0.1, 0.15) is 11.3 Å². The fraction of sp³-hybridized carbons (Fsp3) is 0.421. The second-order valence-corrected chi connectivity index (χ2v) is 7.66. The smallest absolute Gasteiger partial charge is 0.231 e. The van der Waals surface area contributed by atoms with E-state index in [0.717, 1.165) is 47.7 Å². The van der Waals surface area contributed by atoms with Crippen LogP contribution >= 0.6 is 11.3 Å². The minimum absolute atomic E-state index is 0.0805. The molecule has 136 valence electrons. The van der Waals surface area contributed by atoms with Crippen molar-refractivity contribution in [1.82, 2.24) is 19.9 Å². The zero-order valence-corrected chi connectivity index (χ0v) is 15.8. The van der Waals surface area contributed by atoms with Gasteiger partial charge in [-0.1, -0.05) is 36.3 Å². The van der Waals surface area contributed by atoms with E-state index < -0.39 is 5.41 Å². The van der Waals surface area contributed by atoms with Crippen LogP contribution in [0.1, 0.15) is 49.9 Å². The van der Waals surface area contributed by atoms with Gasteiger partial charge in [-0.2, -0.15) is 5.10 Å². The summed E-state index contributed by atoms with van der Waals surface area (Å²) in [5.41, 5.74) is 3.19. The Morgan fingerprint density at radius 1 is 1.31 bits per heavy atom. The number of hydrogen-bond acceptors (Lipinski definition) is 5. The van der Waals surface area contributed by atoms with Crippen LogP contribution in [0.3, 0.4) is 0 Å². The van der Waals surface area contributed by atoms with E-state index in [-0.39, 0.29) is 11.9 Å². The number of hydrogen-bond donors (Lipinski definition) is 1. The average Bonchev–Trinajstić information content (AvgIpc) is 3.37. The molecule has 3 aromatic rings. The predicted molar refractivity (Wildman–Crippen MR) is 101 cm³/mol. The van der Waals surface area contributed by atoms with E-state index in [9.17, 15) is 4.79 Å². The summed E-state index contributed by atoms with van der Waals surface area (Å²) >= 11 is 1.49. The summed E-state index contributed by atoms with van der Waals surface area (Å²) in [5, 5.41) is 7.39. The fourth-order valence-corrected chi connectivity index (χ4v) is 4.42. The molecular formula is C19H22N4O2S. The number of carbonyl (C=O) groups is 1. The highest BCUT2D eigenvalue weighted by molar-refractivity contribution is 7.14. The van der Waals surface area contributed by atoms with Crippen LogP contribution in [-0.2, 0) is 10.2 Å². The molecule has 1 aliphatic rings. The van der Waals surface area contributed by atoms with Crippen molar-refractivity contribution in [3.05, 3.63) is 47.2 Å². The molecule has 2 aromatic heterocycles. The van der Waals surface area contributed by atoms with Gasteiger partial charge in [0.25, 0.3) is 0 Å². The van der Waals surface area contributed by atoms with Crippen molar-refractivity contribution in [3.63, 3.8) is 0 Å². The summed E-state index contributed by atoms with van der Waals surface area (Å²) < 4.78 is 7.00. The number of amides is 1. The van der Waals surface area contributed by atoms with Gasteiger partial charge in [0.05, 0.1) is 30.5 Å². The second kappa shape index (κ2) is 6.72. The third-order valence-electron chi connectivity index (χ3n) is 5.33. The molecule has 1 saturated carbocycles. The van der Waals surface area contributed by atoms with Crippen LogP contribution in [0.4, 0.5) is 0 Å². The molecule has 1 amide bonds. The van der Waals surface area contributed by atoms with Gasteiger partial charge >= 0.3 is 0 Å². The van der Waals surface area contributed by atoms with Crippen LogP contribution in [0.5, 0.6) is 5.75 Å². The Balaban J connectivity index is 1.57. The molecule has 26 heavy (non-hydrogen) atoms. The Morgan fingerprint density at radius 2 is 2.04 bits per heavy atom. The zero-order chi connectivity index (χ0) is 18.1. The lowest BCUT2D eigenvalue weighted by molar-refractivity contribution is -0.127. The summed E-state index contributed by atoms with van der Waals surface area (Å²) in [6.45, 7) is 1.97. The van der Waals surface area contributed by atoms with Crippen LogP contribution in [0, 0.1) is 0 Å². The quantitative estimate of drug-likeness (QED) is 0.746. The Bertz CT molecular complexity index is 881. The zero-order valence-electron chi connectivity index (χ0n) is 14.9. The third-order valence-corrected chi connectivity index (χ3v) is 6.02. The number of imidazole rings is 1. The van der Waals surface area contributed by atoms with E-state index >= 15 is 0 Å². The first-order valence-electron chi connectivity index (χ1n) is 8.87. The van der Waals surface area contributed by atoms with Gasteiger partial charge in [-0.3, -0.25) is 4.79 Å². The lowest BCUT2D eigenvalue weighted by Gasteiger charge is -2.30. The highest BCUT2D eigenvalue weighted by atomic mass is 32.1. The van der Waals surface area contributed by atoms with Crippen molar-refractivity contribution in [2.24, 2.45) is 0 Å². The Hall–Kier alpha value is -2.41. The molecule has 4 rings (SSSR count). The summed E-state index contributed by atoms with van der Waals surface area (Å²) in [6.07, 6.45) is 5.76. The summed E-state index contributed by atoms with van der Waals surface area (Å²) in [7, 11) is 1.65. The van der Waals surface area contributed by atoms with E-state index in [4.69, 9.17) is 4.74 Å². The molecule has 0 radical (unpaired) electrons. The van der Waals surface area contributed by atoms with Crippen molar-refractivity contribution < 1.29 is 9.53 Å². The molecule has 0 saturated heterocycles. The number of aromatic nitrogens is 3. The molecule has 1 fully saturated rings. The molecule has 1 N–H and O–H groups in total. The third kappa shape index (κ3) is 2.86. The summed E-state index contributed by atoms with van der Waals surface area (Å²) in [6, 6.07) is 7.74. The van der Waals surface area contributed by atoms with Crippen molar-refractivity contribution in [2.75, 3.05) is 7.11 Å². The maximum absolute atomic E-state index is 13.3. The van der Waals surface area contributed by atoms with Gasteiger partial charge < -0.3 is 10.1 Å². The van der Waals surface area contributed by atoms with Crippen LogP contribution in [-0.4, -0.2) is 27.6 Å². The normalized spacial score (nSPS) is 17.3. The molecule has 1 aliphatic carbocycles. The van der Waals surface area contributed by atoms with E-state index in [1.165, 1.54) is 11.3 Å². The van der Waals surface area contributed by atoms with Gasteiger partial charge in [0.15, 0.2) is 0 Å². The van der Waals surface area contributed by atoms with E-state index in [2.05, 4.69) is 15.4 Å². The van der Waals surface area contributed by atoms with Crippen LogP contribution in [0.2, 0.25) is 0 Å². The number of nitrogens with one attached hydrogen (secondary N) is 1. The second-order valence-electron chi connectivity index (χ2n) is 6.84. The van der Waals surface area contributed by atoms with Gasteiger partial charge in [-0.15, -0.1) is 0 Å². The standard InChI is InChI=1S/C19H22N4O2S/c1-13(16-11-23-18(22-16)26-12-20-23)21-17(24)19(9-3-4-10-19)14-5-7-15(25-2)8-6-14/h5-8,11-13H,3-4,9-10H2,1-2H3,(H,21,24)/t13-/m0/s1. The fourth-order valence-electron chi connectivity index (χ4n) is 3.81. The molecule has 0 unspecified atom stereocenters. The Kier molecular flexibility index (Phi) is 4.40. The number of rotatable bonds is 5. The number of fused-ring (bicyclic) bond motifs is 1. The first-order valence-corrected chi connectivity index (χ1v) is 9.75. The van der Waals surface area contributed by atoms with Crippen molar-refractivity contribution >= 4 is 22.2 Å². The molecule has 0 bridgehead atoms. The van der Waals surface area contributed by atoms with E-state index in [0.29, 0.717) is 0 Å². The maximum atomic E-state index is 13.3. The molecular weight excluding hydrogens is 348 g/mol.